The molecule has 0 saturated heterocycles. The lowest BCUT2D eigenvalue weighted by atomic mass is 10.2. The predicted molar refractivity (Wildman–Crippen MR) is 113 cm³/mol. The number of thioether (sulfide) groups is 1. The molecular weight excluding hydrogens is 424 g/mol. The lowest BCUT2D eigenvalue weighted by Gasteiger charge is -2.07. The highest BCUT2D eigenvalue weighted by Crippen LogP contribution is 2.30. The van der Waals surface area contributed by atoms with Crippen LogP contribution in [0.5, 0.6) is 5.75 Å². The van der Waals surface area contributed by atoms with Crippen LogP contribution in [0.15, 0.2) is 52.1 Å². The van der Waals surface area contributed by atoms with Gasteiger partial charge in [-0.15, -0.1) is 10.2 Å². The molecule has 0 spiro atoms. The number of aromatic amines is 1. The number of para-hydroxylation sites is 1. The summed E-state index contributed by atoms with van der Waals surface area (Å²) in [4.78, 5) is 23.0. The van der Waals surface area contributed by atoms with E-state index in [0.717, 1.165) is 22.7 Å². The number of hydrogen-bond donors (Lipinski definition) is 2. The van der Waals surface area contributed by atoms with Crippen molar-refractivity contribution in [1.29, 1.82) is 0 Å². The molecule has 0 aliphatic rings. The Hall–Kier alpha value is -3.93. The number of nitro benzene ring substituents is 1. The predicted octanol–water partition coefficient (Wildman–Crippen LogP) is 3.65. The van der Waals surface area contributed by atoms with Crippen molar-refractivity contribution in [1.82, 2.24) is 20.4 Å². The molecule has 0 radical (unpaired) electrons. The van der Waals surface area contributed by atoms with Crippen molar-refractivity contribution in [3.05, 3.63) is 52.6 Å². The maximum Gasteiger partial charge on any atom is 0.296 e. The van der Waals surface area contributed by atoms with E-state index in [-0.39, 0.29) is 28.2 Å². The molecule has 2 aromatic carbocycles. The van der Waals surface area contributed by atoms with Gasteiger partial charge in [0.15, 0.2) is 5.69 Å². The van der Waals surface area contributed by atoms with Gasteiger partial charge >= 0.3 is 0 Å². The van der Waals surface area contributed by atoms with Crippen LogP contribution >= 0.6 is 11.8 Å². The third kappa shape index (κ3) is 4.48. The largest absolute Gasteiger partial charge is 0.494 e. The van der Waals surface area contributed by atoms with Gasteiger partial charge in [-0.3, -0.25) is 20.0 Å². The molecule has 2 aromatic heterocycles. The van der Waals surface area contributed by atoms with E-state index in [2.05, 4.69) is 25.7 Å². The smallest absolute Gasteiger partial charge is 0.296 e. The number of ether oxygens (including phenoxy) is 1. The summed E-state index contributed by atoms with van der Waals surface area (Å²) < 4.78 is 10.9. The fourth-order valence-electron chi connectivity index (χ4n) is 2.83. The molecule has 0 atom stereocenters. The van der Waals surface area contributed by atoms with E-state index in [1.54, 1.807) is 13.0 Å². The number of benzene rings is 2. The number of H-pyrrole nitrogens is 1. The highest BCUT2D eigenvalue weighted by atomic mass is 32.2. The van der Waals surface area contributed by atoms with Crippen LogP contribution in [0.2, 0.25) is 0 Å². The topological polar surface area (TPSA) is 149 Å². The summed E-state index contributed by atoms with van der Waals surface area (Å²) in [6.07, 6.45) is 0. The van der Waals surface area contributed by atoms with Gasteiger partial charge in [-0.25, -0.2) is 0 Å². The van der Waals surface area contributed by atoms with Crippen molar-refractivity contribution in [2.75, 3.05) is 17.7 Å². The first-order valence-electron chi connectivity index (χ1n) is 9.16. The monoisotopic (exact) mass is 440 g/mol. The molecule has 0 aliphatic heterocycles. The Morgan fingerprint density at radius 1 is 1.29 bits per heavy atom. The van der Waals surface area contributed by atoms with Crippen LogP contribution in [0.1, 0.15) is 6.92 Å². The summed E-state index contributed by atoms with van der Waals surface area (Å²) in [5.41, 5.74) is 1.17. The summed E-state index contributed by atoms with van der Waals surface area (Å²) >= 11 is 1.01. The lowest BCUT2D eigenvalue weighted by Crippen LogP contribution is -2.15. The second kappa shape index (κ2) is 8.83. The minimum absolute atomic E-state index is 0.0761. The summed E-state index contributed by atoms with van der Waals surface area (Å²) in [5, 5.41) is 29.8. The van der Waals surface area contributed by atoms with Crippen LogP contribution in [0.25, 0.3) is 22.5 Å². The van der Waals surface area contributed by atoms with Crippen molar-refractivity contribution < 1.29 is 18.9 Å². The first-order valence-corrected chi connectivity index (χ1v) is 10.1. The third-order valence-corrected chi connectivity index (χ3v) is 4.98. The van der Waals surface area contributed by atoms with Crippen LogP contribution in [0, 0.1) is 10.1 Å². The molecule has 4 rings (SSSR count). The van der Waals surface area contributed by atoms with E-state index in [0.29, 0.717) is 18.1 Å². The average Bonchev–Trinajstić information content (AvgIpc) is 3.40. The molecule has 2 heterocycles. The first-order chi connectivity index (χ1) is 15.0. The quantitative estimate of drug-likeness (QED) is 0.238. The molecule has 4 aromatic rings. The van der Waals surface area contributed by atoms with Gasteiger partial charge < -0.3 is 14.5 Å². The number of carbonyl (C=O) groups is 1. The fourth-order valence-corrected chi connectivity index (χ4v) is 3.39. The van der Waals surface area contributed by atoms with Crippen molar-refractivity contribution in [2.24, 2.45) is 0 Å². The molecular formula is C19H16N6O5S. The molecule has 0 fully saturated rings. The molecule has 12 heteroatoms. The number of hydrogen-bond acceptors (Lipinski definition) is 9. The molecule has 2 N–H and O–H groups in total. The number of nitrogens with zero attached hydrogens (tertiary/aromatic N) is 4. The molecule has 0 aliphatic carbocycles. The number of anilines is 1. The molecule has 158 valence electrons. The normalized spacial score (nSPS) is 10.9. The average molecular weight is 440 g/mol. The number of nitrogens with one attached hydrogen (secondary N) is 2. The molecule has 0 saturated carbocycles. The van der Waals surface area contributed by atoms with Gasteiger partial charge in [0.2, 0.25) is 5.91 Å². The number of carbonyl (C=O) groups excluding carboxylic acids is 1. The maximum absolute atomic E-state index is 12.3. The zero-order valence-electron chi connectivity index (χ0n) is 16.2. The van der Waals surface area contributed by atoms with Crippen molar-refractivity contribution in [3.63, 3.8) is 0 Å². The van der Waals surface area contributed by atoms with Gasteiger partial charge in [0.1, 0.15) is 11.4 Å². The van der Waals surface area contributed by atoms with Gasteiger partial charge in [-0.1, -0.05) is 30.0 Å². The van der Waals surface area contributed by atoms with Crippen molar-refractivity contribution in [2.45, 2.75) is 12.1 Å². The van der Waals surface area contributed by atoms with Gasteiger partial charge in [0.05, 0.1) is 28.9 Å². The van der Waals surface area contributed by atoms with E-state index in [4.69, 9.17) is 9.15 Å². The van der Waals surface area contributed by atoms with Gasteiger partial charge in [0.25, 0.3) is 16.8 Å². The number of amides is 1. The van der Waals surface area contributed by atoms with E-state index in [1.165, 1.54) is 12.1 Å². The Balaban J connectivity index is 1.41. The minimum Gasteiger partial charge on any atom is -0.494 e. The van der Waals surface area contributed by atoms with Crippen LogP contribution in [0.4, 0.5) is 11.4 Å². The summed E-state index contributed by atoms with van der Waals surface area (Å²) in [5.74, 6) is 0.0448. The van der Waals surface area contributed by atoms with Gasteiger partial charge in [0, 0.05) is 5.39 Å². The Labute approximate surface area is 179 Å². The summed E-state index contributed by atoms with van der Waals surface area (Å²) in [6, 6.07) is 11.8. The SMILES string of the molecule is CCOc1ccc(NC(=O)CSc2nnc(-c3n[nH]c4ccccc34)o2)c([N+](=O)[O-])c1. The Morgan fingerprint density at radius 3 is 2.94 bits per heavy atom. The van der Waals surface area contributed by atoms with Crippen LogP contribution in [-0.2, 0) is 4.79 Å². The van der Waals surface area contributed by atoms with E-state index >= 15 is 0 Å². The number of fused-ring (bicyclic) bond motifs is 1. The highest BCUT2D eigenvalue weighted by Gasteiger charge is 2.19. The zero-order valence-corrected chi connectivity index (χ0v) is 17.0. The summed E-state index contributed by atoms with van der Waals surface area (Å²) in [6.45, 7) is 2.15. The number of rotatable bonds is 8. The zero-order chi connectivity index (χ0) is 21.8. The van der Waals surface area contributed by atoms with Crippen LogP contribution in [0.3, 0.4) is 0 Å². The molecule has 11 nitrogen and oxygen atoms in total. The highest BCUT2D eigenvalue weighted by molar-refractivity contribution is 7.99. The lowest BCUT2D eigenvalue weighted by molar-refractivity contribution is -0.384. The number of nitro groups is 1. The Kier molecular flexibility index (Phi) is 5.80. The molecule has 0 bridgehead atoms. The van der Waals surface area contributed by atoms with Crippen molar-refractivity contribution >= 4 is 39.9 Å². The second-order valence-electron chi connectivity index (χ2n) is 6.20. The summed E-state index contributed by atoms with van der Waals surface area (Å²) in [7, 11) is 0. The standard InChI is InChI=1S/C19H16N6O5S/c1-2-29-11-7-8-14(15(9-11)25(27)28)20-16(26)10-31-19-24-23-18(30-19)17-12-5-3-4-6-13(12)21-22-17/h3-9H,2,10H2,1H3,(H,20,26)(H,21,22). The molecule has 1 amide bonds. The maximum atomic E-state index is 12.3. The fraction of sp³-hybridized carbons (Fsp3) is 0.158. The molecule has 31 heavy (non-hydrogen) atoms. The second-order valence-corrected chi connectivity index (χ2v) is 7.12. The minimum atomic E-state index is -0.580. The van der Waals surface area contributed by atoms with Crippen LogP contribution in [-0.4, -0.2) is 43.6 Å². The Bertz CT molecular complexity index is 1250. The van der Waals surface area contributed by atoms with E-state index in [1.807, 2.05) is 24.3 Å². The number of aromatic nitrogens is 4. The first kappa shape index (κ1) is 20.3. The molecule has 0 unspecified atom stereocenters. The van der Waals surface area contributed by atoms with E-state index in [9.17, 15) is 14.9 Å². The van der Waals surface area contributed by atoms with Crippen LogP contribution < -0.4 is 10.1 Å². The van der Waals surface area contributed by atoms with Gasteiger partial charge in [-0.2, -0.15) is 5.10 Å². The van der Waals surface area contributed by atoms with Gasteiger partial charge in [-0.05, 0) is 25.1 Å². The van der Waals surface area contributed by atoms with Crippen molar-refractivity contribution in [3.8, 4) is 17.3 Å². The van der Waals surface area contributed by atoms with E-state index < -0.39 is 10.8 Å². The third-order valence-electron chi connectivity index (χ3n) is 4.16. The Morgan fingerprint density at radius 2 is 2.13 bits per heavy atom.